The summed E-state index contributed by atoms with van der Waals surface area (Å²) < 4.78 is 5.28. The highest BCUT2D eigenvalue weighted by molar-refractivity contribution is 5.95. The zero-order chi connectivity index (χ0) is 16.7. The van der Waals surface area contributed by atoms with Gasteiger partial charge in [-0.15, -0.1) is 0 Å². The first-order valence-corrected chi connectivity index (χ1v) is 7.08. The van der Waals surface area contributed by atoms with Crippen LogP contribution in [0.4, 0.5) is 5.69 Å². The number of carbonyl (C=O) groups is 2. The number of para-hydroxylation sites is 1. The molecular weight excluding hydrogens is 296 g/mol. The fourth-order valence-electron chi connectivity index (χ4n) is 1.88. The van der Waals surface area contributed by atoms with E-state index in [4.69, 9.17) is 4.74 Å². The molecule has 0 atom stereocenters. The molecule has 3 N–H and O–H groups in total. The highest BCUT2D eigenvalue weighted by Crippen LogP contribution is 2.19. The third-order valence-corrected chi connectivity index (χ3v) is 3.04. The van der Waals surface area contributed by atoms with Gasteiger partial charge in [0.25, 0.3) is 5.91 Å². The summed E-state index contributed by atoms with van der Waals surface area (Å²) in [6.07, 6.45) is 0. The third kappa shape index (κ3) is 5.35. The van der Waals surface area contributed by atoms with Crippen molar-refractivity contribution in [2.45, 2.75) is 6.92 Å². The molecule has 0 aliphatic carbocycles. The van der Waals surface area contributed by atoms with E-state index in [1.807, 2.05) is 6.07 Å². The number of carbonyl (C=O) groups excluding carboxylic acids is 2. The summed E-state index contributed by atoms with van der Waals surface area (Å²) in [6, 6.07) is 13.6. The number of ether oxygens (including phenoxy) is 1. The predicted molar refractivity (Wildman–Crippen MR) is 86.4 cm³/mol. The number of hydrogen-bond acceptors (Lipinski definition) is 4. The summed E-state index contributed by atoms with van der Waals surface area (Å²) in [5.74, 6) is -0.0167. The van der Waals surface area contributed by atoms with Gasteiger partial charge in [-0.2, -0.15) is 0 Å². The Kier molecular flexibility index (Phi) is 5.57. The van der Waals surface area contributed by atoms with Crippen molar-refractivity contribution in [3.05, 3.63) is 54.1 Å². The van der Waals surface area contributed by atoms with Crippen LogP contribution in [0.5, 0.6) is 11.5 Å². The predicted octanol–water partition coefficient (Wildman–Crippen LogP) is 1.83. The Morgan fingerprint density at radius 2 is 1.83 bits per heavy atom. The van der Waals surface area contributed by atoms with Gasteiger partial charge >= 0.3 is 0 Å². The molecule has 2 aromatic carbocycles. The normalized spacial score (nSPS) is 9.96. The topological polar surface area (TPSA) is 87.7 Å². The molecule has 0 saturated heterocycles. The van der Waals surface area contributed by atoms with Gasteiger partial charge in [0.2, 0.25) is 5.91 Å². The van der Waals surface area contributed by atoms with Gasteiger partial charge < -0.3 is 20.5 Å². The lowest BCUT2D eigenvalue weighted by Gasteiger charge is -2.10. The Morgan fingerprint density at radius 1 is 1.09 bits per heavy atom. The zero-order valence-electron chi connectivity index (χ0n) is 12.7. The van der Waals surface area contributed by atoms with Gasteiger partial charge in [0, 0.05) is 5.69 Å². The minimum Gasteiger partial charge on any atom is -0.508 e. The summed E-state index contributed by atoms with van der Waals surface area (Å²) >= 11 is 0. The standard InChI is InChI=1S/C17H18N2O4/c1-12-9-13(20)7-8-15(12)19-16(21)10-18-17(22)11-23-14-5-3-2-4-6-14/h2-9,20H,10-11H2,1H3,(H,18,22)(H,19,21). The summed E-state index contributed by atoms with van der Waals surface area (Å²) in [5.41, 5.74) is 1.32. The lowest BCUT2D eigenvalue weighted by atomic mass is 10.2. The maximum Gasteiger partial charge on any atom is 0.258 e. The molecule has 0 aromatic heterocycles. The van der Waals surface area contributed by atoms with E-state index in [-0.39, 0.29) is 30.7 Å². The summed E-state index contributed by atoms with van der Waals surface area (Å²) in [7, 11) is 0. The minimum absolute atomic E-state index is 0.131. The van der Waals surface area contributed by atoms with Crippen molar-refractivity contribution < 1.29 is 19.4 Å². The smallest absolute Gasteiger partial charge is 0.258 e. The first-order chi connectivity index (χ1) is 11.0. The quantitative estimate of drug-likeness (QED) is 0.710. The van der Waals surface area contributed by atoms with E-state index in [9.17, 15) is 14.7 Å². The van der Waals surface area contributed by atoms with Crippen LogP contribution in [0.2, 0.25) is 0 Å². The first kappa shape index (κ1) is 16.4. The maximum absolute atomic E-state index is 11.8. The molecule has 0 radical (unpaired) electrons. The van der Waals surface area contributed by atoms with Crippen LogP contribution < -0.4 is 15.4 Å². The Hall–Kier alpha value is -3.02. The van der Waals surface area contributed by atoms with E-state index in [1.165, 1.54) is 6.07 Å². The van der Waals surface area contributed by atoms with E-state index in [2.05, 4.69) is 10.6 Å². The Morgan fingerprint density at radius 3 is 2.52 bits per heavy atom. The van der Waals surface area contributed by atoms with Crippen molar-refractivity contribution >= 4 is 17.5 Å². The second-order valence-electron chi connectivity index (χ2n) is 4.93. The molecule has 0 aliphatic rings. The molecule has 0 bridgehead atoms. The van der Waals surface area contributed by atoms with Crippen LogP contribution in [-0.4, -0.2) is 30.1 Å². The average Bonchev–Trinajstić information content (AvgIpc) is 2.54. The molecule has 0 heterocycles. The highest BCUT2D eigenvalue weighted by Gasteiger charge is 2.08. The van der Waals surface area contributed by atoms with Crippen LogP contribution in [0.1, 0.15) is 5.56 Å². The molecule has 120 valence electrons. The summed E-state index contributed by atoms with van der Waals surface area (Å²) in [6.45, 7) is 1.45. The van der Waals surface area contributed by atoms with Gasteiger partial charge in [0.15, 0.2) is 6.61 Å². The van der Waals surface area contributed by atoms with Crippen LogP contribution in [-0.2, 0) is 9.59 Å². The molecule has 0 aliphatic heterocycles. The Labute approximate surface area is 134 Å². The number of aryl methyl sites for hydroxylation is 1. The lowest BCUT2D eigenvalue weighted by Crippen LogP contribution is -2.35. The second kappa shape index (κ2) is 7.84. The van der Waals surface area contributed by atoms with E-state index in [1.54, 1.807) is 43.3 Å². The SMILES string of the molecule is Cc1cc(O)ccc1NC(=O)CNC(=O)COc1ccccc1. The molecule has 0 saturated carbocycles. The van der Waals surface area contributed by atoms with Gasteiger partial charge in [0.05, 0.1) is 6.54 Å². The van der Waals surface area contributed by atoms with E-state index in [0.29, 0.717) is 11.4 Å². The van der Waals surface area contributed by atoms with Crippen LogP contribution in [0.25, 0.3) is 0 Å². The van der Waals surface area contributed by atoms with Crippen molar-refractivity contribution in [3.8, 4) is 11.5 Å². The number of phenolic OH excluding ortho intramolecular Hbond substituents is 1. The third-order valence-electron chi connectivity index (χ3n) is 3.04. The molecule has 0 unspecified atom stereocenters. The molecular formula is C17H18N2O4. The molecule has 2 aromatic rings. The average molecular weight is 314 g/mol. The number of anilines is 1. The number of rotatable bonds is 6. The minimum atomic E-state index is -0.383. The van der Waals surface area contributed by atoms with Crippen molar-refractivity contribution in [2.75, 3.05) is 18.5 Å². The van der Waals surface area contributed by atoms with E-state index < -0.39 is 0 Å². The van der Waals surface area contributed by atoms with Crippen molar-refractivity contribution in [1.29, 1.82) is 0 Å². The lowest BCUT2D eigenvalue weighted by molar-refractivity contribution is -0.125. The Balaban J connectivity index is 1.74. The fraction of sp³-hybridized carbons (Fsp3) is 0.176. The summed E-state index contributed by atoms with van der Waals surface area (Å²) in [5, 5.41) is 14.5. The summed E-state index contributed by atoms with van der Waals surface area (Å²) in [4.78, 5) is 23.4. The maximum atomic E-state index is 11.8. The van der Waals surface area contributed by atoms with Crippen LogP contribution >= 0.6 is 0 Å². The van der Waals surface area contributed by atoms with Gasteiger partial charge in [-0.05, 0) is 42.8 Å². The van der Waals surface area contributed by atoms with Crippen molar-refractivity contribution in [3.63, 3.8) is 0 Å². The monoisotopic (exact) mass is 314 g/mol. The molecule has 6 nitrogen and oxygen atoms in total. The molecule has 2 rings (SSSR count). The molecule has 6 heteroatoms. The van der Waals surface area contributed by atoms with Crippen LogP contribution in [0, 0.1) is 6.92 Å². The van der Waals surface area contributed by atoms with Gasteiger partial charge in [-0.3, -0.25) is 9.59 Å². The van der Waals surface area contributed by atoms with Gasteiger partial charge in [-0.25, -0.2) is 0 Å². The number of benzene rings is 2. The number of hydrogen-bond donors (Lipinski definition) is 3. The van der Waals surface area contributed by atoms with Crippen molar-refractivity contribution in [1.82, 2.24) is 5.32 Å². The highest BCUT2D eigenvalue weighted by atomic mass is 16.5. The number of amides is 2. The van der Waals surface area contributed by atoms with E-state index in [0.717, 1.165) is 5.56 Å². The largest absolute Gasteiger partial charge is 0.508 e. The fourth-order valence-corrected chi connectivity index (χ4v) is 1.88. The van der Waals surface area contributed by atoms with Crippen LogP contribution in [0.15, 0.2) is 48.5 Å². The van der Waals surface area contributed by atoms with Crippen molar-refractivity contribution in [2.24, 2.45) is 0 Å². The molecule has 2 amide bonds. The van der Waals surface area contributed by atoms with E-state index >= 15 is 0 Å². The van der Waals surface area contributed by atoms with Gasteiger partial charge in [-0.1, -0.05) is 18.2 Å². The van der Waals surface area contributed by atoms with Gasteiger partial charge in [0.1, 0.15) is 11.5 Å². The first-order valence-electron chi connectivity index (χ1n) is 7.08. The number of aromatic hydroxyl groups is 1. The molecule has 0 spiro atoms. The zero-order valence-corrected chi connectivity index (χ0v) is 12.7. The number of phenols is 1. The van der Waals surface area contributed by atoms with Crippen LogP contribution in [0.3, 0.4) is 0 Å². The molecule has 0 fully saturated rings. The molecule has 23 heavy (non-hydrogen) atoms. The number of nitrogens with one attached hydrogen (secondary N) is 2. The second-order valence-corrected chi connectivity index (χ2v) is 4.93. The Bertz CT molecular complexity index is 686.